The second-order valence-corrected chi connectivity index (χ2v) is 5.21. The van der Waals surface area contributed by atoms with Crippen LogP contribution in [0.15, 0.2) is 51.7 Å². The predicted octanol–water partition coefficient (Wildman–Crippen LogP) is 3.21. The molecule has 0 fully saturated rings. The van der Waals surface area contributed by atoms with Crippen molar-refractivity contribution in [2.45, 2.75) is 6.18 Å². The number of primary amides is 1. The zero-order chi connectivity index (χ0) is 18.9. The highest BCUT2D eigenvalue weighted by Gasteiger charge is 2.31. The Morgan fingerprint density at radius 1 is 1.19 bits per heavy atom. The Bertz CT molecular complexity index is 1020. The first-order valence-electron chi connectivity index (χ1n) is 7.18. The van der Waals surface area contributed by atoms with E-state index in [2.05, 4.69) is 15.5 Å². The van der Waals surface area contributed by atoms with Crippen LogP contribution in [0.25, 0.3) is 22.6 Å². The molecule has 0 aliphatic rings. The molecule has 4 N–H and O–H groups in total. The number of carbonyl (C=O) groups is 1. The molecule has 3 aromatic rings. The van der Waals surface area contributed by atoms with E-state index >= 15 is 0 Å². The van der Waals surface area contributed by atoms with E-state index in [4.69, 9.17) is 10.2 Å². The SMILES string of the molecule is NC(=O)Nc1cccc(-c2cccc(C(F)(F)F)c2)c1-c1n[nH]c(=O)o1. The minimum absolute atomic E-state index is 0.115. The van der Waals surface area contributed by atoms with Gasteiger partial charge >= 0.3 is 18.0 Å². The van der Waals surface area contributed by atoms with Crippen molar-refractivity contribution in [2.24, 2.45) is 5.73 Å². The van der Waals surface area contributed by atoms with Gasteiger partial charge in [-0.05, 0) is 29.3 Å². The monoisotopic (exact) mass is 364 g/mol. The van der Waals surface area contributed by atoms with Crippen LogP contribution in [0.3, 0.4) is 0 Å². The quantitative estimate of drug-likeness (QED) is 0.662. The molecule has 0 aliphatic carbocycles. The van der Waals surface area contributed by atoms with Gasteiger partial charge in [0.1, 0.15) is 0 Å². The molecule has 2 aromatic carbocycles. The van der Waals surface area contributed by atoms with Crippen LogP contribution >= 0.6 is 0 Å². The normalized spacial score (nSPS) is 11.3. The van der Waals surface area contributed by atoms with Crippen molar-refractivity contribution in [1.29, 1.82) is 0 Å². The molecule has 7 nitrogen and oxygen atoms in total. The Hall–Kier alpha value is -3.56. The van der Waals surface area contributed by atoms with Crippen LogP contribution in [0.2, 0.25) is 0 Å². The molecule has 0 spiro atoms. The van der Waals surface area contributed by atoms with E-state index in [0.717, 1.165) is 12.1 Å². The van der Waals surface area contributed by atoms with E-state index in [0.29, 0.717) is 0 Å². The van der Waals surface area contributed by atoms with Crippen molar-refractivity contribution >= 4 is 11.7 Å². The molecule has 0 unspecified atom stereocenters. The highest BCUT2D eigenvalue weighted by molar-refractivity contribution is 5.97. The van der Waals surface area contributed by atoms with Crippen molar-refractivity contribution < 1.29 is 22.4 Å². The van der Waals surface area contributed by atoms with Crippen LogP contribution < -0.4 is 16.8 Å². The van der Waals surface area contributed by atoms with Crippen molar-refractivity contribution in [3.8, 4) is 22.6 Å². The summed E-state index contributed by atoms with van der Waals surface area (Å²) in [6.45, 7) is 0. The summed E-state index contributed by atoms with van der Waals surface area (Å²) in [4.78, 5) is 22.5. The average molecular weight is 364 g/mol. The molecule has 0 bridgehead atoms. The van der Waals surface area contributed by atoms with Crippen molar-refractivity contribution in [2.75, 3.05) is 5.32 Å². The minimum Gasteiger partial charge on any atom is -0.388 e. The molecule has 26 heavy (non-hydrogen) atoms. The van der Waals surface area contributed by atoms with Gasteiger partial charge in [0, 0.05) is 0 Å². The molecule has 3 rings (SSSR count). The van der Waals surface area contributed by atoms with Crippen LogP contribution in [-0.4, -0.2) is 16.2 Å². The number of rotatable bonds is 3. The lowest BCUT2D eigenvalue weighted by molar-refractivity contribution is -0.137. The summed E-state index contributed by atoms with van der Waals surface area (Å²) in [5.74, 6) is -1.06. The molecule has 2 amide bonds. The first-order chi connectivity index (χ1) is 12.3. The number of nitrogens with two attached hydrogens (primary N) is 1. The number of aromatic nitrogens is 2. The molecule has 134 valence electrons. The van der Waals surface area contributed by atoms with E-state index in [9.17, 15) is 22.8 Å². The molecule has 0 aliphatic heterocycles. The molecule has 0 radical (unpaired) electrons. The van der Waals surface area contributed by atoms with Gasteiger partial charge in [0.25, 0.3) is 5.89 Å². The van der Waals surface area contributed by atoms with E-state index in [1.54, 1.807) is 0 Å². The lowest BCUT2D eigenvalue weighted by Crippen LogP contribution is -2.19. The lowest BCUT2D eigenvalue weighted by atomic mass is 9.96. The van der Waals surface area contributed by atoms with Gasteiger partial charge in [-0.2, -0.15) is 13.2 Å². The first-order valence-corrected chi connectivity index (χ1v) is 7.18. The predicted molar refractivity (Wildman–Crippen MR) is 86.2 cm³/mol. The highest BCUT2D eigenvalue weighted by atomic mass is 19.4. The van der Waals surface area contributed by atoms with Gasteiger partial charge < -0.3 is 15.5 Å². The maximum Gasteiger partial charge on any atom is 0.434 e. The summed E-state index contributed by atoms with van der Waals surface area (Å²) in [5, 5.41) is 8.10. The van der Waals surface area contributed by atoms with Gasteiger partial charge in [0.05, 0.1) is 16.8 Å². The number of hydrogen-bond acceptors (Lipinski definition) is 4. The number of amides is 2. The van der Waals surface area contributed by atoms with Gasteiger partial charge in [-0.25, -0.2) is 14.7 Å². The molecule has 0 atom stereocenters. The number of H-pyrrole nitrogens is 1. The Kier molecular flexibility index (Phi) is 4.24. The van der Waals surface area contributed by atoms with Gasteiger partial charge in [0.15, 0.2) is 0 Å². The maximum absolute atomic E-state index is 13.0. The third-order valence-electron chi connectivity index (χ3n) is 3.48. The second kappa shape index (κ2) is 6.39. The van der Waals surface area contributed by atoms with Gasteiger partial charge in [-0.3, -0.25) is 0 Å². The number of hydrogen-bond donors (Lipinski definition) is 3. The van der Waals surface area contributed by atoms with E-state index in [1.165, 1.54) is 30.3 Å². The van der Waals surface area contributed by atoms with Crippen molar-refractivity contribution in [3.05, 3.63) is 58.6 Å². The number of anilines is 1. The Balaban J connectivity index is 2.25. The summed E-state index contributed by atoms with van der Waals surface area (Å²) in [6, 6.07) is 8.14. The number of halogens is 3. The zero-order valence-electron chi connectivity index (χ0n) is 12.9. The Morgan fingerprint density at radius 2 is 1.92 bits per heavy atom. The van der Waals surface area contributed by atoms with Crippen LogP contribution in [0, 0.1) is 0 Å². The van der Waals surface area contributed by atoms with Crippen LogP contribution in [0.5, 0.6) is 0 Å². The molecule has 0 saturated carbocycles. The number of nitrogens with zero attached hydrogens (tertiary/aromatic N) is 1. The maximum atomic E-state index is 13.0. The molecular weight excluding hydrogens is 353 g/mol. The van der Waals surface area contributed by atoms with Crippen LogP contribution in [0.1, 0.15) is 5.56 Å². The summed E-state index contributed by atoms with van der Waals surface area (Å²) < 4.78 is 43.9. The summed E-state index contributed by atoms with van der Waals surface area (Å²) in [6.07, 6.45) is -4.53. The third kappa shape index (κ3) is 3.43. The van der Waals surface area contributed by atoms with Crippen molar-refractivity contribution in [1.82, 2.24) is 10.2 Å². The molecule has 1 aromatic heterocycles. The number of nitrogens with one attached hydrogen (secondary N) is 2. The first kappa shape index (κ1) is 17.3. The third-order valence-corrected chi connectivity index (χ3v) is 3.48. The minimum atomic E-state index is -4.53. The average Bonchev–Trinajstić information content (AvgIpc) is 2.99. The number of carbonyl (C=O) groups excluding carboxylic acids is 1. The Labute approximate surface area is 143 Å². The summed E-state index contributed by atoms with van der Waals surface area (Å²) >= 11 is 0. The summed E-state index contributed by atoms with van der Waals surface area (Å²) in [7, 11) is 0. The largest absolute Gasteiger partial charge is 0.434 e. The van der Waals surface area contributed by atoms with Gasteiger partial charge in [0.2, 0.25) is 0 Å². The van der Waals surface area contributed by atoms with E-state index < -0.39 is 23.5 Å². The van der Waals surface area contributed by atoms with Crippen molar-refractivity contribution in [3.63, 3.8) is 0 Å². The molecule has 1 heterocycles. The lowest BCUT2D eigenvalue weighted by Gasteiger charge is -2.14. The fourth-order valence-electron chi connectivity index (χ4n) is 2.46. The standard InChI is InChI=1S/C16H11F3N4O3/c17-16(18,19)9-4-1-3-8(7-9)10-5-2-6-11(21-14(20)24)12(10)13-22-23-15(25)26-13/h1-7H,(H,23,25)(H3,20,21,24). The fourth-order valence-corrected chi connectivity index (χ4v) is 2.46. The van der Waals surface area contributed by atoms with E-state index in [1.807, 2.05) is 0 Å². The number of alkyl halides is 3. The molecule has 10 heteroatoms. The second-order valence-electron chi connectivity index (χ2n) is 5.21. The molecule has 0 saturated heterocycles. The van der Waals surface area contributed by atoms with Gasteiger partial charge in [-0.15, -0.1) is 5.10 Å². The van der Waals surface area contributed by atoms with Crippen LogP contribution in [-0.2, 0) is 6.18 Å². The Morgan fingerprint density at radius 3 is 2.54 bits per heavy atom. The number of benzene rings is 2. The number of urea groups is 1. The van der Waals surface area contributed by atoms with E-state index in [-0.39, 0.29) is 28.3 Å². The van der Waals surface area contributed by atoms with Gasteiger partial charge in [-0.1, -0.05) is 24.3 Å². The van der Waals surface area contributed by atoms with Crippen LogP contribution in [0.4, 0.5) is 23.7 Å². The topological polar surface area (TPSA) is 114 Å². The number of aromatic amines is 1. The fraction of sp³-hybridized carbons (Fsp3) is 0.0625. The molecular formula is C16H11F3N4O3. The zero-order valence-corrected chi connectivity index (χ0v) is 12.9. The summed E-state index contributed by atoms with van der Waals surface area (Å²) in [5.41, 5.74) is 4.97. The highest BCUT2D eigenvalue weighted by Crippen LogP contribution is 2.38. The smallest absolute Gasteiger partial charge is 0.388 e.